The summed E-state index contributed by atoms with van der Waals surface area (Å²) >= 11 is 0.0732. The SMILES string of the molecule is NCC[AsH]C=Cc1ccccc1. The Labute approximate surface area is 80.4 Å². The third-order valence-electron chi connectivity index (χ3n) is 1.48. The van der Waals surface area contributed by atoms with Crippen LogP contribution in [-0.2, 0) is 0 Å². The summed E-state index contributed by atoms with van der Waals surface area (Å²) in [4.78, 5) is 2.29. The van der Waals surface area contributed by atoms with Gasteiger partial charge in [0.1, 0.15) is 0 Å². The molecule has 0 aliphatic rings. The molecule has 64 valence electrons. The molecule has 0 aliphatic heterocycles. The van der Waals surface area contributed by atoms with E-state index < -0.39 is 0 Å². The summed E-state index contributed by atoms with van der Waals surface area (Å²) in [5.74, 6) is 0. The second-order valence-electron chi connectivity index (χ2n) is 2.49. The zero-order valence-corrected chi connectivity index (χ0v) is 9.13. The van der Waals surface area contributed by atoms with Crippen LogP contribution in [-0.4, -0.2) is 22.3 Å². The van der Waals surface area contributed by atoms with Crippen molar-refractivity contribution >= 4 is 21.8 Å². The van der Waals surface area contributed by atoms with Crippen LogP contribution in [0.25, 0.3) is 6.08 Å². The molecule has 0 radical (unpaired) electrons. The molecule has 12 heavy (non-hydrogen) atoms. The van der Waals surface area contributed by atoms with E-state index in [4.69, 9.17) is 5.73 Å². The van der Waals surface area contributed by atoms with Crippen molar-refractivity contribution in [3.63, 3.8) is 0 Å². The number of rotatable bonds is 4. The molecule has 1 nitrogen and oxygen atoms in total. The molecule has 0 saturated carbocycles. The van der Waals surface area contributed by atoms with Crippen LogP contribution in [0.4, 0.5) is 0 Å². The van der Waals surface area contributed by atoms with Crippen molar-refractivity contribution in [1.82, 2.24) is 0 Å². The van der Waals surface area contributed by atoms with Crippen molar-refractivity contribution in [2.24, 2.45) is 5.73 Å². The quantitative estimate of drug-likeness (QED) is 0.607. The van der Waals surface area contributed by atoms with Crippen molar-refractivity contribution in [2.45, 2.75) is 5.21 Å². The van der Waals surface area contributed by atoms with Crippen LogP contribution in [0.5, 0.6) is 0 Å². The van der Waals surface area contributed by atoms with Crippen LogP contribution in [0, 0.1) is 0 Å². The molecule has 0 fully saturated rings. The second-order valence-corrected chi connectivity index (χ2v) is 5.09. The normalized spacial score (nSPS) is 11.8. The predicted molar refractivity (Wildman–Crippen MR) is 56.5 cm³/mol. The fourth-order valence-electron chi connectivity index (χ4n) is 0.886. The standard InChI is InChI=1S/C10H14AsN/c12-9-8-11-7-6-10-4-2-1-3-5-10/h1-7,11H,8-9,12H2. The summed E-state index contributed by atoms with van der Waals surface area (Å²) < 4.78 is 0. The van der Waals surface area contributed by atoms with Crippen LogP contribution in [0.1, 0.15) is 5.56 Å². The molecular weight excluding hydrogens is 209 g/mol. The maximum atomic E-state index is 5.41. The molecule has 0 aliphatic carbocycles. The molecular formula is C10H14AsN. The predicted octanol–water partition coefficient (Wildman–Crippen LogP) is 1.47. The molecule has 1 unspecified atom stereocenters. The van der Waals surface area contributed by atoms with Gasteiger partial charge in [-0.05, 0) is 0 Å². The van der Waals surface area contributed by atoms with Crippen LogP contribution >= 0.6 is 0 Å². The van der Waals surface area contributed by atoms with Gasteiger partial charge >= 0.3 is 80.1 Å². The minimum atomic E-state index is 0.0732. The van der Waals surface area contributed by atoms with Crippen molar-refractivity contribution in [1.29, 1.82) is 0 Å². The first-order valence-electron chi connectivity index (χ1n) is 4.08. The first-order valence-corrected chi connectivity index (χ1v) is 6.78. The van der Waals surface area contributed by atoms with E-state index in [-0.39, 0.29) is 15.8 Å². The number of hydrogen-bond acceptors (Lipinski definition) is 1. The summed E-state index contributed by atoms with van der Waals surface area (Å²) in [6, 6.07) is 10.4. The van der Waals surface area contributed by atoms with Gasteiger partial charge in [-0.2, -0.15) is 0 Å². The van der Waals surface area contributed by atoms with E-state index >= 15 is 0 Å². The van der Waals surface area contributed by atoms with Crippen molar-refractivity contribution < 1.29 is 0 Å². The average Bonchev–Trinajstić information content (AvgIpc) is 2.14. The molecule has 0 heterocycles. The molecule has 1 aromatic carbocycles. The average molecular weight is 223 g/mol. The molecule has 1 aromatic rings. The van der Waals surface area contributed by atoms with Gasteiger partial charge in [-0.3, -0.25) is 0 Å². The Balaban J connectivity index is 2.36. The Morgan fingerprint density at radius 3 is 2.67 bits per heavy atom. The Hall–Kier alpha value is -0.522. The number of benzene rings is 1. The van der Waals surface area contributed by atoms with E-state index in [1.54, 1.807) is 0 Å². The molecule has 0 saturated heterocycles. The molecule has 0 bridgehead atoms. The van der Waals surface area contributed by atoms with Crippen molar-refractivity contribution in [3.05, 3.63) is 40.8 Å². The van der Waals surface area contributed by atoms with Crippen molar-refractivity contribution in [3.8, 4) is 0 Å². The van der Waals surface area contributed by atoms with Crippen LogP contribution in [0.2, 0.25) is 5.21 Å². The molecule has 0 amide bonds. The summed E-state index contributed by atoms with van der Waals surface area (Å²) in [5, 5.41) is 1.20. The van der Waals surface area contributed by atoms with Gasteiger partial charge in [0.25, 0.3) is 0 Å². The van der Waals surface area contributed by atoms with Gasteiger partial charge in [0.15, 0.2) is 0 Å². The van der Waals surface area contributed by atoms with Gasteiger partial charge in [0.05, 0.1) is 0 Å². The Morgan fingerprint density at radius 1 is 1.25 bits per heavy atom. The molecule has 1 atom stereocenters. The van der Waals surface area contributed by atoms with Gasteiger partial charge in [-0.15, -0.1) is 0 Å². The van der Waals surface area contributed by atoms with Gasteiger partial charge in [-0.1, -0.05) is 0 Å². The molecule has 0 spiro atoms. The van der Waals surface area contributed by atoms with E-state index in [0.29, 0.717) is 0 Å². The first kappa shape index (κ1) is 9.57. The number of nitrogens with two attached hydrogens (primary N) is 1. The molecule has 0 aromatic heterocycles. The van der Waals surface area contributed by atoms with Gasteiger partial charge in [0.2, 0.25) is 0 Å². The summed E-state index contributed by atoms with van der Waals surface area (Å²) in [7, 11) is 0. The minimum absolute atomic E-state index is 0.0732. The Morgan fingerprint density at radius 2 is 2.00 bits per heavy atom. The molecule has 2 heteroatoms. The fourth-order valence-corrected chi connectivity index (χ4v) is 2.24. The van der Waals surface area contributed by atoms with Gasteiger partial charge < -0.3 is 0 Å². The van der Waals surface area contributed by atoms with Crippen LogP contribution < -0.4 is 5.73 Å². The van der Waals surface area contributed by atoms with E-state index in [9.17, 15) is 0 Å². The van der Waals surface area contributed by atoms with Crippen molar-refractivity contribution in [2.75, 3.05) is 6.54 Å². The van der Waals surface area contributed by atoms with Crippen LogP contribution in [0.3, 0.4) is 0 Å². The maximum absolute atomic E-state index is 5.41. The first-order chi connectivity index (χ1) is 5.93. The molecule has 1 rings (SSSR count). The zero-order chi connectivity index (χ0) is 8.65. The third-order valence-corrected chi connectivity index (χ3v) is 3.54. The van der Waals surface area contributed by atoms with E-state index in [2.05, 4.69) is 35.2 Å². The summed E-state index contributed by atoms with van der Waals surface area (Å²) in [6.07, 6.45) is 2.19. The number of hydrogen-bond donors (Lipinski definition) is 1. The topological polar surface area (TPSA) is 26.0 Å². The van der Waals surface area contributed by atoms with E-state index in [1.165, 1.54) is 10.8 Å². The molecule has 2 N–H and O–H groups in total. The van der Waals surface area contributed by atoms with Crippen LogP contribution in [0.15, 0.2) is 35.2 Å². The van der Waals surface area contributed by atoms with Gasteiger partial charge in [0, 0.05) is 0 Å². The fraction of sp³-hybridized carbons (Fsp3) is 0.200. The van der Waals surface area contributed by atoms with E-state index in [1.807, 2.05) is 6.07 Å². The van der Waals surface area contributed by atoms with Gasteiger partial charge in [-0.25, -0.2) is 0 Å². The Kier molecular flexibility index (Phi) is 4.82. The van der Waals surface area contributed by atoms with E-state index in [0.717, 1.165) is 6.54 Å². The zero-order valence-electron chi connectivity index (χ0n) is 7.03. The summed E-state index contributed by atoms with van der Waals surface area (Å²) in [5.41, 5.74) is 6.70. The Bertz CT molecular complexity index is 231. The third kappa shape index (κ3) is 3.75. The second kappa shape index (κ2) is 6.05. The monoisotopic (exact) mass is 223 g/mol. The summed E-state index contributed by atoms with van der Waals surface area (Å²) in [6.45, 7) is 0.832.